The molecule has 0 heterocycles. The fraction of sp³-hybridized carbons (Fsp3) is 0.417. The Hall–Kier alpha value is -0.560. The van der Waals surface area contributed by atoms with Crippen LogP contribution in [0.2, 0.25) is 10.0 Å². The summed E-state index contributed by atoms with van der Waals surface area (Å²) in [6, 6.07) is 7.08. The van der Waals surface area contributed by atoms with Crippen LogP contribution in [0.15, 0.2) is 23.1 Å². The first-order valence-electron chi connectivity index (χ1n) is 5.10. The number of rotatable bonds is 4. The quantitative estimate of drug-likeness (QED) is 0.839. The minimum atomic E-state index is -1.22. The SMILES string of the molecule is CC(C)(C#N)CCS(=O)c1cc(Cl)ccc1Cl. The molecule has 0 amide bonds. The van der Waals surface area contributed by atoms with E-state index >= 15 is 0 Å². The summed E-state index contributed by atoms with van der Waals surface area (Å²) in [5.74, 6) is 0.403. The second-order valence-corrected chi connectivity index (χ2v) is 6.75. The highest BCUT2D eigenvalue weighted by Crippen LogP contribution is 2.26. The molecule has 17 heavy (non-hydrogen) atoms. The maximum Gasteiger partial charge on any atom is 0.0684 e. The smallest absolute Gasteiger partial charge is 0.0684 e. The Kier molecular flexibility index (Phi) is 5.00. The first-order valence-corrected chi connectivity index (χ1v) is 7.18. The lowest BCUT2D eigenvalue weighted by Crippen LogP contribution is -2.13. The van der Waals surface area contributed by atoms with Crippen LogP contribution in [0.25, 0.3) is 0 Å². The van der Waals surface area contributed by atoms with E-state index in [9.17, 15) is 4.21 Å². The van der Waals surface area contributed by atoms with Gasteiger partial charge in [-0.05, 0) is 38.5 Å². The van der Waals surface area contributed by atoms with Crippen LogP contribution in [0.5, 0.6) is 0 Å². The van der Waals surface area contributed by atoms with Crippen molar-refractivity contribution < 1.29 is 4.21 Å². The molecule has 92 valence electrons. The van der Waals surface area contributed by atoms with Gasteiger partial charge in [0.1, 0.15) is 0 Å². The number of hydrogen-bond donors (Lipinski definition) is 0. The number of halogens is 2. The summed E-state index contributed by atoms with van der Waals surface area (Å²) < 4.78 is 12.0. The van der Waals surface area contributed by atoms with Gasteiger partial charge in [-0.25, -0.2) is 0 Å². The summed E-state index contributed by atoms with van der Waals surface area (Å²) in [5.41, 5.74) is -0.472. The van der Waals surface area contributed by atoms with E-state index in [2.05, 4.69) is 6.07 Å². The summed E-state index contributed by atoms with van der Waals surface area (Å²) in [6.45, 7) is 3.65. The lowest BCUT2D eigenvalue weighted by molar-refractivity contribution is 0.479. The number of benzene rings is 1. The molecule has 1 atom stereocenters. The normalized spacial score (nSPS) is 13.1. The van der Waals surface area contributed by atoms with Crippen molar-refractivity contribution in [2.75, 3.05) is 5.75 Å². The van der Waals surface area contributed by atoms with E-state index in [4.69, 9.17) is 28.5 Å². The molecule has 1 rings (SSSR count). The summed E-state index contributed by atoms with van der Waals surface area (Å²) in [4.78, 5) is 0.535. The second kappa shape index (κ2) is 5.86. The number of nitriles is 1. The summed E-state index contributed by atoms with van der Waals surface area (Å²) >= 11 is 11.8. The van der Waals surface area contributed by atoms with E-state index in [1.54, 1.807) is 18.2 Å². The molecule has 0 aliphatic heterocycles. The van der Waals surface area contributed by atoms with Crippen molar-refractivity contribution in [2.24, 2.45) is 5.41 Å². The highest BCUT2D eigenvalue weighted by atomic mass is 35.5. The Morgan fingerprint density at radius 3 is 2.65 bits per heavy atom. The Labute approximate surface area is 114 Å². The van der Waals surface area contributed by atoms with Gasteiger partial charge in [0.05, 0.1) is 32.2 Å². The fourth-order valence-electron chi connectivity index (χ4n) is 1.17. The van der Waals surface area contributed by atoms with Gasteiger partial charge >= 0.3 is 0 Å². The predicted octanol–water partition coefficient (Wildman–Crippen LogP) is 4.04. The average Bonchev–Trinajstić information content (AvgIpc) is 2.29. The predicted molar refractivity (Wildman–Crippen MR) is 71.7 cm³/mol. The third kappa shape index (κ3) is 4.31. The molecule has 0 bridgehead atoms. The van der Waals surface area contributed by atoms with Crippen molar-refractivity contribution >= 4 is 34.0 Å². The van der Waals surface area contributed by atoms with Gasteiger partial charge in [0.15, 0.2) is 0 Å². The molecule has 0 saturated heterocycles. The van der Waals surface area contributed by atoms with Crippen molar-refractivity contribution in [3.63, 3.8) is 0 Å². The van der Waals surface area contributed by atoms with Gasteiger partial charge in [0.25, 0.3) is 0 Å². The second-order valence-electron chi connectivity index (χ2n) is 4.37. The Balaban J connectivity index is 2.78. The van der Waals surface area contributed by atoms with Crippen LogP contribution in [-0.2, 0) is 10.8 Å². The molecule has 0 aromatic heterocycles. The van der Waals surface area contributed by atoms with Crippen LogP contribution in [0.1, 0.15) is 20.3 Å². The molecule has 0 aliphatic carbocycles. The fourth-order valence-corrected chi connectivity index (χ4v) is 3.24. The van der Waals surface area contributed by atoms with Gasteiger partial charge < -0.3 is 0 Å². The van der Waals surface area contributed by atoms with E-state index in [0.717, 1.165) is 0 Å². The van der Waals surface area contributed by atoms with Gasteiger partial charge in [0, 0.05) is 10.8 Å². The van der Waals surface area contributed by atoms with Gasteiger partial charge in [-0.15, -0.1) is 0 Å². The van der Waals surface area contributed by atoms with Gasteiger partial charge in [-0.3, -0.25) is 4.21 Å². The van der Waals surface area contributed by atoms with Gasteiger partial charge in [-0.2, -0.15) is 5.26 Å². The van der Waals surface area contributed by atoms with Crippen molar-refractivity contribution in [3.8, 4) is 6.07 Å². The molecule has 0 spiro atoms. The zero-order valence-corrected chi connectivity index (χ0v) is 12.0. The van der Waals surface area contributed by atoms with E-state index in [0.29, 0.717) is 27.1 Å². The lowest BCUT2D eigenvalue weighted by atomic mass is 9.93. The molecular formula is C12H13Cl2NOS. The molecule has 1 unspecified atom stereocenters. The maximum atomic E-state index is 12.0. The molecule has 0 fully saturated rings. The topological polar surface area (TPSA) is 40.9 Å². The highest BCUT2D eigenvalue weighted by Gasteiger charge is 2.19. The Morgan fingerprint density at radius 1 is 1.41 bits per heavy atom. The largest absolute Gasteiger partial charge is 0.254 e. The van der Waals surface area contributed by atoms with Crippen LogP contribution < -0.4 is 0 Å². The molecule has 0 radical (unpaired) electrons. The van der Waals surface area contributed by atoms with Crippen LogP contribution in [-0.4, -0.2) is 9.96 Å². The molecule has 1 aromatic carbocycles. The van der Waals surface area contributed by atoms with Crippen molar-refractivity contribution in [3.05, 3.63) is 28.2 Å². The maximum absolute atomic E-state index is 12.0. The van der Waals surface area contributed by atoms with E-state index in [1.807, 2.05) is 13.8 Å². The lowest BCUT2D eigenvalue weighted by Gasteiger charge is -2.14. The van der Waals surface area contributed by atoms with Gasteiger partial charge in [-0.1, -0.05) is 23.2 Å². The van der Waals surface area contributed by atoms with Crippen LogP contribution in [0.3, 0.4) is 0 Å². The van der Waals surface area contributed by atoms with Crippen LogP contribution in [0.4, 0.5) is 0 Å². The highest BCUT2D eigenvalue weighted by molar-refractivity contribution is 7.85. The third-order valence-electron chi connectivity index (χ3n) is 2.35. The van der Waals surface area contributed by atoms with Crippen molar-refractivity contribution in [1.82, 2.24) is 0 Å². The summed E-state index contributed by atoms with van der Waals surface area (Å²) in [5, 5.41) is 9.84. The number of hydrogen-bond acceptors (Lipinski definition) is 2. The summed E-state index contributed by atoms with van der Waals surface area (Å²) in [6.07, 6.45) is 0.555. The average molecular weight is 290 g/mol. The van der Waals surface area contributed by atoms with Crippen LogP contribution in [0, 0.1) is 16.7 Å². The molecule has 0 aliphatic rings. The molecule has 1 aromatic rings. The standard InChI is InChI=1S/C12H13Cl2NOS/c1-12(2,8-15)5-6-17(16)11-7-9(13)3-4-10(11)14/h3-4,7H,5-6H2,1-2H3. The third-order valence-corrected chi connectivity index (χ3v) is 4.43. The number of nitrogens with zero attached hydrogens (tertiary/aromatic N) is 1. The van der Waals surface area contributed by atoms with E-state index in [-0.39, 0.29) is 0 Å². The molecule has 5 heteroatoms. The van der Waals surface area contributed by atoms with Gasteiger partial charge in [0.2, 0.25) is 0 Å². The minimum absolute atomic E-state index is 0.403. The first-order chi connectivity index (χ1) is 7.85. The minimum Gasteiger partial charge on any atom is -0.254 e. The van der Waals surface area contributed by atoms with E-state index in [1.165, 1.54) is 0 Å². The zero-order chi connectivity index (χ0) is 13.1. The van der Waals surface area contributed by atoms with E-state index < -0.39 is 16.2 Å². The van der Waals surface area contributed by atoms with Crippen molar-refractivity contribution in [1.29, 1.82) is 5.26 Å². The molecule has 0 saturated carbocycles. The summed E-state index contributed by atoms with van der Waals surface area (Å²) in [7, 11) is -1.22. The Morgan fingerprint density at radius 2 is 2.06 bits per heavy atom. The Bertz CT molecular complexity index is 480. The monoisotopic (exact) mass is 289 g/mol. The first kappa shape index (κ1) is 14.5. The van der Waals surface area contributed by atoms with Crippen LogP contribution >= 0.6 is 23.2 Å². The molecule has 2 nitrogen and oxygen atoms in total. The molecule has 0 N–H and O–H groups in total. The van der Waals surface area contributed by atoms with Crippen molar-refractivity contribution in [2.45, 2.75) is 25.2 Å². The zero-order valence-electron chi connectivity index (χ0n) is 9.67. The molecular weight excluding hydrogens is 277 g/mol.